The van der Waals surface area contributed by atoms with Crippen LogP contribution in [0.2, 0.25) is 0 Å². The number of esters is 1. The molecule has 1 heterocycles. The molecule has 0 unspecified atom stereocenters. The second-order valence-corrected chi connectivity index (χ2v) is 5.59. The van der Waals surface area contributed by atoms with Gasteiger partial charge in [-0.2, -0.15) is 5.26 Å². The number of hydrogen-bond acceptors (Lipinski definition) is 6. The second-order valence-electron chi connectivity index (χ2n) is 5.59. The van der Waals surface area contributed by atoms with E-state index in [0.29, 0.717) is 13.2 Å². The maximum atomic E-state index is 11.5. The number of nitrogens with zero attached hydrogens (tertiary/aromatic N) is 3. The highest BCUT2D eigenvalue weighted by molar-refractivity contribution is 5.92. The van der Waals surface area contributed by atoms with E-state index < -0.39 is 11.9 Å². The summed E-state index contributed by atoms with van der Waals surface area (Å²) in [4.78, 5) is 18.1. The van der Waals surface area contributed by atoms with Gasteiger partial charge in [-0.25, -0.2) is 0 Å². The van der Waals surface area contributed by atoms with Gasteiger partial charge in [0.2, 0.25) is 0 Å². The van der Waals surface area contributed by atoms with Gasteiger partial charge in [-0.1, -0.05) is 30.3 Å². The summed E-state index contributed by atoms with van der Waals surface area (Å²) in [7, 11) is 0. The molecule has 128 valence electrons. The number of hydrogen-bond donors (Lipinski definition) is 0. The molecule has 0 spiro atoms. The summed E-state index contributed by atoms with van der Waals surface area (Å²) in [6, 6.07) is 12.2. The number of aliphatic imine (C=N–C) groups is 1. The van der Waals surface area contributed by atoms with Gasteiger partial charge >= 0.3 is 5.97 Å². The molecule has 0 bridgehead atoms. The smallest absolute Gasteiger partial charge is 0.328 e. The molecule has 6 nitrogen and oxygen atoms in total. The SMILES string of the molecule is CCOC(=O)[C@@H](C#N)C=NC[C@@H]1CN(Cc2ccccc2)CCO1. The van der Waals surface area contributed by atoms with Gasteiger partial charge < -0.3 is 9.47 Å². The molecule has 1 fully saturated rings. The zero-order valence-corrected chi connectivity index (χ0v) is 13.9. The van der Waals surface area contributed by atoms with Gasteiger partial charge in [-0.15, -0.1) is 0 Å². The molecule has 24 heavy (non-hydrogen) atoms. The van der Waals surface area contributed by atoms with E-state index in [9.17, 15) is 4.79 Å². The van der Waals surface area contributed by atoms with Gasteiger partial charge in [-0.3, -0.25) is 14.7 Å². The molecule has 1 aliphatic heterocycles. The Balaban J connectivity index is 1.81. The fourth-order valence-electron chi connectivity index (χ4n) is 2.54. The molecule has 6 heteroatoms. The van der Waals surface area contributed by atoms with Crippen molar-refractivity contribution in [2.24, 2.45) is 10.9 Å². The van der Waals surface area contributed by atoms with Crippen molar-refractivity contribution in [2.45, 2.75) is 19.6 Å². The van der Waals surface area contributed by atoms with Crippen LogP contribution in [-0.4, -0.2) is 56.0 Å². The Labute approximate surface area is 142 Å². The maximum Gasteiger partial charge on any atom is 0.328 e. The van der Waals surface area contributed by atoms with Crippen molar-refractivity contribution in [2.75, 3.05) is 32.8 Å². The molecule has 1 aliphatic rings. The van der Waals surface area contributed by atoms with Crippen LogP contribution < -0.4 is 0 Å². The first kappa shape index (κ1) is 18.1. The molecule has 0 amide bonds. The summed E-state index contributed by atoms with van der Waals surface area (Å²) < 4.78 is 10.5. The Morgan fingerprint density at radius 3 is 3.04 bits per heavy atom. The second kappa shape index (κ2) is 9.81. The number of carbonyl (C=O) groups is 1. The first-order chi connectivity index (χ1) is 11.7. The summed E-state index contributed by atoms with van der Waals surface area (Å²) in [5, 5.41) is 8.98. The lowest BCUT2D eigenvalue weighted by molar-refractivity contribution is -0.143. The number of nitriles is 1. The first-order valence-corrected chi connectivity index (χ1v) is 8.17. The predicted octanol–water partition coefficient (Wildman–Crippen LogP) is 1.66. The van der Waals surface area contributed by atoms with Crippen LogP contribution in [-0.2, 0) is 20.8 Å². The Morgan fingerprint density at radius 1 is 1.54 bits per heavy atom. The largest absolute Gasteiger partial charge is 0.465 e. The molecule has 1 aromatic rings. The zero-order chi connectivity index (χ0) is 17.2. The van der Waals surface area contributed by atoms with Crippen LogP contribution in [0.15, 0.2) is 35.3 Å². The lowest BCUT2D eigenvalue weighted by Crippen LogP contribution is -2.43. The number of carbonyl (C=O) groups excluding carboxylic acids is 1. The van der Waals surface area contributed by atoms with Crippen LogP contribution in [0.3, 0.4) is 0 Å². The van der Waals surface area contributed by atoms with Crippen LogP contribution in [0.4, 0.5) is 0 Å². The van der Waals surface area contributed by atoms with Gasteiger partial charge in [0.15, 0.2) is 5.92 Å². The molecule has 1 saturated heterocycles. The number of ether oxygens (including phenoxy) is 2. The highest BCUT2D eigenvalue weighted by Crippen LogP contribution is 2.10. The summed E-state index contributed by atoms with van der Waals surface area (Å²) in [6.45, 7) is 5.61. The molecule has 0 saturated carbocycles. The van der Waals surface area contributed by atoms with Gasteiger partial charge in [0.1, 0.15) is 0 Å². The standard InChI is InChI=1S/C18H23N3O3/c1-2-23-18(22)16(10-19)11-20-12-17-14-21(8-9-24-17)13-15-6-4-3-5-7-15/h3-7,11,16-17H,2,8-9,12-14H2,1H3/t16-,17+/m0/s1. The lowest BCUT2D eigenvalue weighted by atomic mass is 10.2. The lowest BCUT2D eigenvalue weighted by Gasteiger charge is -2.32. The van der Waals surface area contributed by atoms with Gasteiger partial charge in [-0.05, 0) is 12.5 Å². The number of benzene rings is 1. The van der Waals surface area contributed by atoms with E-state index in [1.165, 1.54) is 11.8 Å². The van der Waals surface area contributed by atoms with Crippen molar-refractivity contribution < 1.29 is 14.3 Å². The van der Waals surface area contributed by atoms with Crippen molar-refractivity contribution in [3.05, 3.63) is 35.9 Å². The molecule has 1 aromatic carbocycles. The van der Waals surface area contributed by atoms with Gasteiger partial charge in [0.05, 0.1) is 31.9 Å². The van der Waals surface area contributed by atoms with E-state index in [1.807, 2.05) is 24.3 Å². The van der Waals surface area contributed by atoms with Crippen LogP contribution in [0.5, 0.6) is 0 Å². The quantitative estimate of drug-likeness (QED) is 0.562. The van der Waals surface area contributed by atoms with Gasteiger partial charge in [0.25, 0.3) is 0 Å². The zero-order valence-electron chi connectivity index (χ0n) is 13.9. The van der Waals surface area contributed by atoms with E-state index >= 15 is 0 Å². The van der Waals surface area contributed by atoms with Crippen LogP contribution in [0, 0.1) is 17.2 Å². The van der Waals surface area contributed by atoms with E-state index in [-0.39, 0.29) is 12.7 Å². The summed E-state index contributed by atoms with van der Waals surface area (Å²) in [5.41, 5.74) is 1.27. The average molecular weight is 329 g/mol. The van der Waals surface area contributed by atoms with Crippen molar-refractivity contribution in [3.8, 4) is 6.07 Å². The average Bonchev–Trinajstić information content (AvgIpc) is 2.60. The Bertz CT molecular complexity index is 583. The first-order valence-electron chi connectivity index (χ1n) is 8.17. The fraction of sp³-hybridized carbons (Fsp3) is 0.500. The third-order valence-corrected chi connectivity index (χ3v) is 3.72. The van der Waals surface area contributed by atoms with Crippen LogP contribution in [0.1, 0.15) is 12.5 Å². The monoisotopic (exact) mass is 329 g/mol. The molecule has 2 atom stereocenters. The molecular weight excluding hydrogens is 306 g/mol. The highest BCUT2D eigenvalue weighted by Gasteiger charge is 2.21. The summed E-state index contributed by atoms with van der Waals surface area (Å²) in [6.07, 6.45) is 1.33. The van der Waals surface area contributed by atoms with Crippen molar-refractivity contribution in [3.63, 3.8) is 0 Å². The minimum absolute atomic E-state index is 0.0275. The van der Waals surface area contributed by atoms with Crippen molar-refractivity contribution in [1.82, 2.24) is 4.90 Å². The molecule has 0 N–H and O–H groups in total. The van der Waals surface area contributed by atoms with Gasteiger partial charge in [0, 0.05) is 25.8 Å². The van der Waals surface area contributed by atoms with E-state index in [2.05, 4.69) is 22.0 Å². The number of morpholine rings is 1. The Hall–Kier alpha value is -2.23. The third kappa shape index (κ3) is 5.76. The molecule has 0 aliphatic carbocycles. The van der Waals surface area contributed by atoms with Crippen LogP contribution in [0.25, 0.3) is 0 Å². The van der Waals surface area contributed by atoms with E-state index in [1.54, 1.807) is 6.92 Å². The molecule has 2 rings (SSSR count). The van der Waals surface area contributed by atoms with Crippen molar-refractivity contribution in [1.29, 1.82) is 5.26 Å². The molecule has 0 radical (unpaired) electrons. The Morgan fingerprint density at radius 2 is 2.33 bits per heavy atom. The predicted molar refractivity (Wildman–Crippen MR) is 90.6 cm³/mol. The molecular formula is C18H23N3O3. The molecule has 0 aromatic heterocycles. The Kier molecular flexibility index (Phi) is 7.40. The normalized spacial score (nSPS) is 19.8. The highest BCUT2D eigenvalue weighted by atomic mass is 16.5. The van der Waals surface area contributed by atoms with Crippen LogP contribution >= 0.6 is 0 Å². The van der Waals surface area contributed by atoms with Crippen molar-refractivity contribution >= 4 is 12.2 Å². The fourth-order valence-corrected chi connectivity index (χ4v) is 2.54. The minimum atomic E-state index is -0.950. The number of rotatable bonds is 7. The third-order valence-electron chi connectivity index (χ3n) is 3.72. The topological polar surface area (TPSA) is 74.9 Å². The minimum Gasteiger partial charge on any atom is -0.465 e. The maximum absolute atomic E-state index is 11.5. The summed E-state index contributed by atoms with van der Waals surface area (Å²) in [5.74, 6) is -1.51. The van der Waals surface area contributed by atoms with E-state index in [0.717, 1.165) is 19.6 Å². The summed E-state index contributed by atoms with van der Waals surface area (Å²) >= 11 is 0. The van der Waals surface area contributed by atoms with E-state index in [4.69, 9.17) is 14.7 Å².